The van der Waals surface area contributed by atoms with E-state index in [0.717, 1.165) is 24.8 Å². The zero-order valence-corrected chi connectivity index (χ0v) is 14.7. The molecular formula is C14H25N5O3S. The van der Waals surface area contributed by atoms with Crippen LogP contribution < -0.4 is 9.62 Å². The first-order chi connectivity index (χ1) is 10.8. The van der Waals surface area contributed by atoms with Gasteiger partial charge in [0.05, 0.1) is 24.2 Å². The molecule has 1 amide bonds. The van der Waals surface area contributed by atoms with Gasteiger partial charge in [0.25, 0.3) is 0 Å². The zero-order valence-electron chi connectivity index (χ0n) is 13.9. The van der Waals surface area contributed by atoms with Crippen LogP contribution in [0.25, 0.3) is 0 Å². The van der Waals surface area contributed by atoms with Crippen LogP contribution in [0.1, 0.15) is 19.3 Å². The van der Waals surface area contributed by atoms with Crippen LogP contribution in [0.5, 0.6) is 0 Å². The molecule has 130 valence electrons. The minimum absolute atomic E-state index is 0.0859. The molecule has 1 saturated heterocycles. The van der Waals surface area contributed by atoms with Crippen molar-refractivity contribution in [3.05, 3.63) is 12.4 Å². The molecule has 1 N–H and O–H groups in total. The lowest BCUT2D eigenvalue weighted by Crippen LogP contribution is -2.51. The number of amides is 1. The third-order valence-electron chi connectivity index (χ3n) is 4.00. The van der Waals surface area contributed by atoms with E-state index in [9.17, 15) is 13.2 Å². The van der Waals surface area contributed by atoms with Crippen molar-refractivity contribution in [1.29, 1.82) is 0 Å². The van der Waals surface area contributed by atoms with Crippen LogP contribution in [0.4, 0.5) is 5.69 Å². The number of carbonyl (C=O) groups is 1. The fourth-order valence-electron chi connectivity index (χ4n) is 2.81. The molecule has 0 saturated carbocycles. The highest BCUT2D eigenvalue weighted by Gasteiger charge is 2.32. The Balaban J connectivity index is 1.90. The van der Waals surface area contributed by atoms with Gasteiger partial charge in [-0.1, -0.05) is 0 Å². The van der Waals surface area contributed by atoms with Crippen molar-refractivity contribution in [2.45, 2.75) is 25.3 Å². The van der Waals surface area contributed by atoms with Gasteiger partial charge < -0.3 is 4.90 Å². The molecule has 9 heteroatoms. The van der Waals surface area contributed by atoms with Gasteiger partial charge in [-0.3, -0.25) is 14.4 Å². The third kappa shape index (κ3) is 5.02. The highest BCUT2D eigenvalue weighted by atomic mass is 32.2. The van der Waals surface area contributed by atoms with Gasteiger partial charge in [0.1, 0.15) is 0 Å². The van der Waals surface area contributed by atoms with Crippen LogP contribution in [-0.2, 0) is 21.9 Å². The molecule has 1 aromatic rings. The van der Waals surface area contributed by atoms with Crippen LogP contribution in [0.3, 0.4) is 0 Å². The predicted molar refractivity (Wildman–Crippen MR) is 88.7 cm³/mol. The number of likely N-dealkylation sites (N-methyl/N-ethyl adjacent to an activating group) is 1. The zero-order chi connectivity index (χ0) is 17.0. The highest BCUT2D eigenvalue weighted by molar-refractivity contribution is 7.88. The summed E-state index contributed by atoms with van der Waals surface area (Å²) in [5.74, 6) is 0.0859. The maximum Gasteiger partial charge on any atom is 0.244 e. The molecule has 0 radical (unpaired) electrons. The van der Waals surface area contributed by atoms with E-state index in [1.807, 2.05) is 25.2 Å². The topological polar surface area (TPSA) is 87.5 Å². The van der Waals surface area contributed by atoms with Gasteiger partial charge in [-0.25, -0.2) is 13.1 Å². The van der Waals surface area contributed by atoms with E-state index in [1.54, 1.807) is 15.8 Å². The smallest absolute Gasteiger partial charge is 0.244 e. The number of rotatable bonds is 7. The highest BCUT2D eigenvalue weighted by Crippen LogP contribution is 2.22. The standard InChI is InChI=1S/C14H25N5O3S/c1-17(8-5-7-16-23(3,21)22)13-6-4-9-19(14(13)20)12-10-15-18(2)11-12/h10-11,13,16H,4-9H2,1-3H3/t13-/m1/s1. The summed E-state index contributed by atoms with van der Waals surface area (Å²) in [5, 5.41) is 4.12. The molecule has 1 fully saturated rings. The Kier molecular flexibility index (Phi) is 5.77. The average molecular weight is 343 g/mol. The number of aromatic nitrogens is 2. The third-order valence-corrected chi connectivity index (χ3v) is 4.73. The normalized spacial score (nSPS) is 19.6. The molecule has 0 spiro atoms. The van der Waals surface area contributed by atoms with E-state index >= 15 is 0 Å². The Hall–Kier alpha value is -1.45. The molecular weight excluding hydrogens is 318 g/mol. The van der Waals surface area contributed by atoms with Gasteiger partial charge in [0.2, 0.25) is 15.9 Å². The number of aryl methyl sites for hydroxylation is 1. The molecule has 1 atom stereocenters. The number of nitrogens with zero attached hydrogens (tertiary/aromatic N) is 4. The van der Waals surface area contributed by atoms with Gasteiger partial charge in [-0.2, -0.15) is 5.10 Å². The molecule has 0 aromatic carbocycles. The quantitative estimate of drug-likeness (QED) is 0.692. The van der Waals surface area contributed by atoms with E-state index in [0.29, 0.717) is 26.1 Å². The summed E-state index contributed by atoms with van der Waals surface area (Å²) >= 11 is 0. The summed E-state index contributed by atoms with van der Waals surface area (Å²) in [7, 11) is 0.589. The Labute approximate surface area is 137 Å². The second-order valence-corrected chi connectivity index (χ2v) is 7.85. The van der Waals surface area contributed by atoms with Crippen LogP contribution in [-0.4, -0.2) is 68.0 Å². The van der Waals surface area contributed by atoms with Crippen LogP contribution in [0.15, 0.2) is 12.4 Å². The first-order valence-electron chi connectivity index (χ1n) is 7.73. The first kappa shape index (κ1) is 17.9. The molecule has 0 unspecified atom stereocenters. The Morgan fingerprint density at radius 2 is 2.22 bits per heavy atom. The number of anilines is 1. The second-order valence-electron chi connectivity index (χ2n) is 6.02. The lowest BCUT2D eigenvalue weighted by Gasteiger charge is -2.36. The molecule has 1 aromatic heterocycles. The first-order valence-corrected chi connectivity index (χ1v) is 9.62. The maximum absolute atomic E-state index is 12.7. The molecule has 2 rings (SSSR count). The fourth-order valence-corrected chi connectivity index (χ4v) is 3.33. The van der Waals surface area contributed by atoms with Crippen molar-refractivity contribution in [3.63, 3.8) is 0 Å². The summed E-state index contributed by atoms with van der Waals surface area (Å²) in [6.07, 6.45) is 7.13. The second kappa shape index (κ2) is 7.41. The lowest BCUT2D eigenvalue weighted by molar-refractivity contribution is -0.124. The van der Waals surface area contributed by atoms with Crippen LogP contribution in [0, 0.1) is 0 Å². The SMILES string of the molecule is CN(CCCNS(C)(=O)=O)[C@@H]1CCCN(c2cnn(C)c2)C1=O. The van der Waals surface area contributed by atoms with Crippen molar-refractivity contribution in [3.8, 4) is 0 Å². The molecule has 1 aliphatic heterocycles. The van der Waals surface area contributed by atoms with Gasteiger partial charge in [0.15, 0.2) is 0 Å². The number of hydrogen-bond acceptors (Lipinski definition) is 5. The summed E-state index contributed by atoms with van der Waals surface area (Å²) < 4.78 is 26.2. The molecule has 0 aliphatic carbocycles. The molecule has 1 aliphatic rings. The van der Waals surface area contributed by atoms with Gasteiger partial charge in [-0.15, -0.1) is 0 Å². The van der Waals surface area contributed by atoms with Crippen molar-refractivity contribution in [1.82, 2.24) is 19.4 Å². The Bertz CT molecular complexity index is 643. The largest absolute Gasteiger partial charge is 0.308 e. The molecule has 8 nitrogen and oxygen atoms in total. The van der Waals surface area contributed by atoms with Crippen LogP contribution in [0.2, 0.25) is 0 Å². The number of carbonyl (C=O) groups excluding carboxylic acids is 1. The summed E-state index contributed by atoms with van der Waals surface area (Å²) in [4.78, 5) is 16.5. The van der Waals surface area contributed by atoms with Crippen molar-refractivity contribution < 1.29 is 13.2 Å². The summed E-state index contributed by atoms with van der Waals surface area (Å²) in [6, 6.07) is -0.165. The van der Waals surface area contributed by atoms with Crippen LogP contribution >= 0.6 is 0 Å². The Morgan fingerprint density at radius 1 is 1.48 bits per heavy atom. The maximum atomic E-state index is 12.7. The van der Waals surface area contributed by atoms with E-state index < -0.39 is 10.0 Å². The van der Waals surface area contributed by atoms with Gasteiger partial charge >= 0.3 is 0 Å². The average Bonchev–Trinajstić information content (AvgIpc) is 2.89. The van der Waals surface area contributed by atoms with Crippen molar-refractivity contribution in [2.75, 3.05) is 37.8 Å². The summed E-state index contributed by atoms with van der Waals surface area (Å²) in [5.41, 5.74) is 0.828. The number of piperidine rings is 1. The summed E-state index contributed by atoms with van der Waals surface area (Å²) in [6.45, 7) is 1.76. The monoisotopic (exact) mass is 343 g/mol. The molecule has 23 heavy (non-hydrogen) atoms. The molecule has 2 heterocycles. The lowest BCUT2D eigenvalue weighted by atomic mass is 10.0. The minimum Gasteiger partial charge on any atom is -0.308 e. The van der Waals surface area contributed by atoms with Gasteiger partial charge in [0, 0.05) is 26.3 Å². The van der Waals surface area contributed by atoms with Gasteiger partial charge in [-0.05, 0) is 32.9 Å². The van der Waals surface area contributed by atoms with E-state index in [-0.39, 0.29) is 11.9 Å². The minimum atomic E-state index is -3.15. The van der Waals surface area contributed by atoms with Crippen molar-refractivity contribution >= 4 is 21.6 Å². The number of sulfonamides is 1. The molecule has 0 bridgehead atoms. The predicted octanol–water partition coefficient (Wildman–Crippen LogP) is -0.213. The van der Waals surface area contributed by atoms with Crippen molar-refractivity contribution in [2.24, 2.45) is 7.05 Å². The van der Waals surface area contributed by atoms with E-state index in [1.165, 1.54) is 0 Å². The van der Waals surface area contributed by atoms with E-state index in [4.69, 9.17) is 0 Å². The number of nitrogens with one attached hydrogen (secondary N) is 1. The van der Waals surface area contributed by atoms with E-state index in [2.05, 4.69) is 9.82 Å². The number of hydrogen-bond donors (Lipinski definition) is 1. The fraction of sp³-hybridized carbons (Fsp3) is 0.714. The Morgan fingerprint density at radius 3 is 2.83 bits per heavy atom.